The lowest BCUT2D eigenvalue weighted by Crippen LogP contribution is -2.05. The van der Waals surface area contributed by atoms with Crippen LogP contribution in [0, 0.1) is 11.3 Å². The minimum absolute atomic E-state index is 0.123. The van der Waals surface area contributed by atoms with Crippen molar-refractivity contribution in [3.05, 3.63) is 63.7 Å². The molecule has 0 saturated heterocycles. The van der Waals surface area contributed by atoms with Crippen molar-refractivity contribution in [2.24, 2.45) is 0 Å². The van der Waals surface area contributed by atoms with E-state index in [1.807, 2.05) is 6.07 Å². The Morgan fingerprint density at radius 1 is 1.27 bits per heavy atom. The van der Waals surface area contributed by atoms with Gasteiger partial charge in [-0.3, -0.25) is 4.79 Å². The Hall–Kier alpha value is -3.70. The number of H-pyrrole nitrogens is 2. The molecule has 0 unspecified atom stereocenters. The molecule has 0 atom stereocenters. The molecule has 4 aromatic rings. The summed E-state index contributed by atoms with van der Waals surface area (Å²) in [5.74, 6) is 0.175. The quantitative estimate of drug-likeness (QED) is 0.380. The van der Waals surface area contributed by atoms with Crippen molar-refractivity contribution in [1.29, 1.82) is 5.26 Å². The molecule has 0 saturated carbocycles. The number of para-hydroxylation sites is 1. The lowest BCUT2D eigenvalue weighted by Gasteiger charge is -2.08. The van der Waals surface area contributed by atoms with Crippen LogP contribution in [0.25, 0.3) is 27.4 Å². The first-order valence-electron chi connectivity index (χ1n) is 7.52. The van der Waals surface area contributed by atoms with E-state index in [9.17, 15) is 10.1 Å². The van der Waals surface area contributed by atoms with Crippen LogP contribution in [0.3, 0.4) is 0 Å². The lowest BCUT2D eigenvalue weighted by atomic mass is 10.1. The summed E-state index contributed by atoms with van der Waals surface area (Å²) in [6, 6.07) is 12.4. The average Bonchev–Trinajstić information content (AvgIpc) is 3.18. The molecule has 0 bridgehead atoms. The molecule has 4 rings (SSSR count). The highest BCUT2D eigenvalue weighted by Crippen LogP contribution is 2.24. The minimum atomic E-state index is -0.123. The lowest BCUT2D eigenvalue weighted by molar-refractivity contribution is 0.881. The van der Waals surface area contributed by atoms with Crippen molar-refractivity contribution < 1.29 is 0 Å². The fourth-order valence-electron chi connectivity index (χ4n) is 2.66. The van der Waals surface area contributed by atoms with Crippen LogP contribution in [-0.2, 0) is 0 Å². The van der Waals surface area contributed by atoms with E-state index in [0.29, 0.717) is 32.5 Å². The molecule has 126 valence electrons. The number of rotatable bonds is 3. The number of hydrogen-bond donors (Lipinski definition) is 3. The first-order valence-corrected chi connectivity index (χ1v) is 7.90. The van der Waals surface area contributed by atoms with Crippen molar-refractivity contribution in [2.45, 2.75) is 0 Å². The van der Waals surface area contributed by atoms with Gasteiger partial charge in [-0.15, -0.1) is 10.2 Å². The van der Waals surface area contributed by atoms with Gasteiger partial charge in [0.1, 0.15) is 11.6 Å². The number of halogens is 1. The molecular weight excluding hydrogens is 354 g/mol. The molecule has 0 aliphatic carbocycles. The van der Waals surface area contributed by atoms with E-state index in [-0.39, 0.29) is 16.8 Å². The van der Waals surface area contributed by atoms with E-state index in [4.69, 9.17) is 11.6 Å². The van der Waals surface area contributed by atoms with Crippen LogP contribution >= 0.6 is 11.6 Å². The Morgan fingerprint density at radius 3 is 2.92 bits per heavy atom. The maximum Gasteiger partial charge on any atom is 0.216 e. The SMILES string of the molecule is N#CC(=CNc1cccc2c(=O)c3cc(Cl)ccc3[nH]c12)c1nn[nH]n1. The van der Waals surface area contributed by atoms with E-state index in [0.717, 1.165) is 0 Å². The molecular formula is C17H10ClN7O. The number of anilines is 1. The van der Waals surface area contributed by atoms with E-state index in [1.165, 1.54) is 6.20 Å². The minimum Gasteiger partial charge on any atom is -0.359 e. The van der Waals surface area contributed by atoms with Gasteiger partial charge in [0.15, 0.2) is 5.43 Å². The summed E-state index contributed by atoms with van der Waals surface area (Å²) in [5, 5.41) is 27.1. The zero-order valence-electron chi connectivity index (χ0n) is 13.1. The number of fused-ring (bicyclic) bond motifs is 2. The summed E-state index contributed by atoms with van der Waals surface area (Å²) in [6.45, 7) is 0. The van der Waals surface area contributed by atoms with E-state index in [1.54, 1.807) is 36.4 Å². The molecule has 3 N–H and O–H groups in total. The van der Waals surface area contributed by atoms with Crippen molar-refractivity contribution in [3.63, 3.8) is 0 Å². The van der Waals surface area contributed by atoms with Gasteiger partial charge in [-0.2, -0.15) is 10.5 Å². The van der Waals surface area contributed by atoms with Crippen LogP contribution < -0.4 is 10.7 Å². The zero-order valence-corrected chi connectivity index (χ0v) is 13.9. The normalized spacial score (nSPS) is 11.6. The summed E-state index contributed by atoms with van der Waals surface area (Å²) >= 11 is 6.00. The highest BCUT2D eigenvalue weighted by molar-refractivity contribution is 6.31. The number of allylic oxidation sites excluding steroid dienone is 1. The van der Waals surface area contributed by atoms with Crippen molar-refractivity contribution in [2.75, 3.05) is 5.32 Å². The van der Waals surface area contributed by atoms with E-state index < -0.39 is 0 Å². The van der Waals surface area contributed by atoms with Crippen molar-refractivity contribution >= 4 is 44.7 Å². The highest BCUT2D eigenvalue weighted by Gasteiger charge is 2.10. The predicted octanol–water partition coefficient (Wildman–Crippen LogP) is 2.82. The summed E-state index contributed by atoms with van der Waals surface area (Å²) in [7, 11) is 0. The Kier molecular flexibility index (Phi) is 3.84. The molecule has 2 heterocycles. The summed E-state index contributed by atoms with van der Waals surface area (Å²) in [5.41, 5.74) is 2.00. The van der Waals surface area contributed by atoms with Gasteiger partial charge in [0.2, 0.25) is 5.82 Å². The number of tetrazole rings is 1. The van der Waals surface area contributed by atoms with Gasteiger partial charge in [0.05, 0.1) is 11.2 Å². The van der Waals surface area contributed by atoms with Gasteiger partial charge in [-0.1, -0.05) is 17.7 Å². The molecule has 0 aliphatic rings. The summed E-state index contributed by atoms with van der Waals surface area (Å²) < 4.78 is 0. The topological polar surface area (TPSA) is 123 Å². The number of aromatic amines is 2. The maximum absolute atomic E-state index is 12.8. The number of hydrogen-bond acceptors (Lipinski definition) is 6. The zero-order chi connectivity index (χ0) is 18.1. The second-order valence-corrected chi connectivity index (χ2v) is 5.86. The van der Waals surface area contributed by atoms with Crippen molar-refractivity contribution in [1.82, 2.24) is 25.6 Å². The number of nitrogens with one attached hydrogen (secondary N) is 3. The molecule has 0 radical (unpaired) electrons. The van der Waals surface area contributed by atoms with Gasteiger partial charge in [0, 0.05) is 27.5 Å². The molecule has 9 heteroatoms. The Bertz CT molecular complexity index is 1250. The molecule has 0 aliphatic heterocycles. The third kappa shape index (κ3) is 2.66. The van der Waals surface area contributed by atoms with Gasteiger partial charge < -0.3 is 10.3 Å². The predicted molar refractivity (Wildman–Crippen MR) is 98.5 cm³/mol. The second-order valence-electron chi connectivity index (χ2n) is 5.42. The summed E-state index contributed by atoms with van der Waals surface area (Å²) in [6.07, 6.45) is 1.46. The Morgan fingerprint density at radius 2 is 2.15 bits per heavy atom. The fraction of sp³-hybridized carbons (Fsp3) is 0. The summed E-state index contributed by atoms with van der Waals surface area (Å²) in [4.78, 5) is 16.0. The number of nitriles is 1. The molecule has 2 aromatic carbocycles. The molecule has 0 fully saturated rings. The third-order valence-electron chi connectivity index (χ3n) is 3.87. The van der Waals surface area contributed by atoms with E-state index in [2.05, 4.69) is 30.9 Å². The van der Waals surface area contributed by atoms with Gasteiger partial charge in [-0.25, -0.2) is 0 Å². The first kappa shape index (κ1) is 15.8. The van der Waals surface area contributed by atoms with Crippen LogP contribution in [-0.4, -0.2) is 25.6 Å². The number of aromatic nitrogens is 5. The van der Waals surface area contributed by atoms with Crippen LogP contribution in [0.5, 0.6) is 0 Å². The van der Waals surface area contributed by atoms with Crippen LogP contribution in [0.15, 0.2) is 47.4 Å². The molecule has 0 spiro atoms. The average molecular weight is 364 g/mol. The van der Waals surface area contributed by atoms with Gasteiger partial charge in [-0.05, 0) is 35.5 Å². The molecule has 0 amide bonds. The number of benzene rings is 2. The Balaban J connectivity index is 1.86. The van der Waals surface area contributed by atoms with Gasteiger partial charge in [0.25, 0.3) is 0 Å². The first-order chi connectivity index (χ1) is 12.7. The second kappa shape index (κ2) is 6.31. The van der Waals surface area contributed by atoms with Crippen LogP contribution in [0.2, 0.25) is 5.02 Å². The standard InChI is InChI=1S/C17H10ClN7O/c18-10-4-5-13-12(6-10)16(26)11-2-1-3-14(15(11)21-13)20-8-9(7-19)17-22-24-25-23-17/h1-6,8,20H,(H,21,26)(H,22,23,24,25). The molecule has 26 heavy (non-hydrogen) atoms. The van der Waals surface area contributed by atoms with Gasteiger partial charge >= 0.3 is 0 Å². The monoisotopic (exact) mass is 363 g/mol. The van der Waals surface area contributed by atoms with Crippen LogP contribution in [0.1, 0.15) is 5.82 Å². The Labute approximate surface area is 151 Å². The number of nitrogens with zero attached hydrogens (tertiary/aromatic N) is 4. The molecule has 8 nitrogen and oxygen atoms in total. The fourth-order valence-corrected chi connectivity index (χ4v) is 2.83. The molecule has 2 aromatic heterocycles. The maximum atomic E-state index is 12.8. The largest absolute Gasteiger partial charge is 0.359 e. The third-order valence-corrected chi connectivity index (χ3v) is 4.11. The van der Waals surface area contributed by atoms with E-state index >= 15 is 0 Å². The van der Waals surface area contributed by atoms with Crippen molar-refractivity contribution in [3.8, 4) is 6.07 Å². The number of pyridine rings is 1. The van der Waals surface area contributed by atoms with Crippen LogP contribution in [0.4, 0.5) is 5.69 Å². The highest BCUT2D eigenvalue weighted by atomic mass is 35.5. The smallest absolute Gasteiger partial charge is 0.216 e.